The van der Waals surface area contributed by atoms with Crippen LogP contribution in [0.3, 0.4) is 0 Å². The van der Waals surface area contributed by atoms with Crippen molar-refractivity contribution in [1.82, 2.24) is 4.57 Å². The Morgan fingerprint density at radius 2 is 1.90 bits per heavy atom. The van der Waals surface area contributed by atoms with Crippen LogP contribution in [0.15, 0.2) is 65.1 Å². The second-order valence-electron chi connectivity index (χ2n) is 6.51. The predicted molar refractivity (Wildman–Crippen MR) is 113 cm³/mol. The van der Waals surface area contributed by atoms with E-state index >= 15 is 0 Å². The minimum absolute atomic E-state index is 0.194. The summed E-state index contributed by atoms with van der Waals surface area (Å²) in [6.45, 7) is 2.50. The van der Waals surface area contributed by atoms with E-state index in [1.54, 1.807) is 26.2 Å². The number of nitrogens with zero attached hydrogens (tertiary/aromatic N) is 1. The van der Waals surface area contributed by atoms with Crippen molar-refractivity contribution in [3.05, 3.63) is 77.2 Å². The third-order valence-corrected chi connectivity index (χ3v) is 4.99. The summed E-state index contributed by atoms with van der Waals surface area (Å²) in [4.78, 5) is 11.9. The summed E-state index contributed by atoms with van der Waals surface area (Å²) in [7, 11) is 1.60. The summed E-state index contributed by atoms with van der Waals surface area (Å²) in [6.07, 6.45) is 0. The molecule has 0 spiro atoms. The van der Waals surface area contributed by atoms with E-state index in [1.807, 2.05) is 30.3 Å². The van der Waals surface area contributed by atoms with Crippen molar-refractivity contribution in [2.45, 2.75) is 13.5 Å². The summed E-state index contributed by atoms with van der Waals surface area (Å²) in [5.74, 6) is 1.000. The number of benzene rings is 2. The number of carbonyl (C=O) groups excluding carboxylic acids is 1. The third kappa shape index (κ3) is 3.74. The zero-order valence-electron chi connectivity index (χ0n) is 16.1. The molecule has 0 aliphatic rings. The van der Waals surface area contributed by atoms with Crippen molar-refractivity contribution in [3.8, 4) is 17.0 Å². The SMILES string of the molecule is CCOC(=O)c1ccc(Cn2c(-c3ccccc3)cc3cc(OC)c(Cl)cc32)o1. The molecule has 148 valence electrons. The molecule has 0 saturated heterocycles. The molecule has 0 saturated carbocycles. The maximum atomic E-state index is 11.9. The van der Waals surface area contributed by atoms with Crippen LogP contribution >= 0.6 is 11.6 Å². The number of halogens is 1. The Hall–Kier alpha value is -3.18. The molecule has 6 heteroatoms. The van der Waals surface area contributed by atoms with E-state index in [2.05, 4.69) is 22.8 Å². The summed E-state index contributed by atoms with van der Waals surface area (Å²) >= 11 is 6.39. The van der Waals surface area contributed by atoms with Crippen molar-refractivity contribution in [3.63, 3.8) is 0 Å². The maximum absolute atomic E-state index is 11.9. The molecule has 0 aliphatic carbocycles. The fourth-order valence-corrected chi connectivity index (χ4v) is 3.60. The molecule has 0 radical (unpaired) electrons. The number of hydrogen-bond acceptors (Lipinski definition) is 4. The van der Waals surface area contributed by atoms with Crippen molar-refractivity contribution < 1.29 is 18.7 Å². The molecule has 2 heterocycles. The quantitative estimate of drug-likeness (QED) is 0.378. The molecule has 2 aromatic carbocycles. The summed E-state index contributed by atoms with van der Waals surface area (Å²) in [5, 5.41) is 1.54. The zero-order valence-corrected chi connectivity index (χ0v) is 16.9. The predicted octanol–water partition coefficient (Wildman–Crippen LogP) is 5.79. The van der Waals surface area contributed by atoms with Gasteiger partial charge in [0, 0.05) is 11.1 Å². The van der Waals surface area contributed by atoms with Crippen LogP contribution in [-0.2, 0) is 11.3 Å². The molecule has 0 fully saturated rings. The van der Waals surface area contributed by atoms with Crippen LogP contribution in [0.25, 0.3) is 22.2 Å². The third-order valence-electron chi connectivity index (χ3n) is 4.70. The molecule has 0 N–H and O–H groups in total. The molecule has 4 rings (SSSR count). The summed E-state index contributed by atoms with van der Waals surface area (Å²) in [6, 6.07) is 19.4. The molecule has 0 unspecified atom stereocenters. The lowest BCUT2D eigenvalue weighted by atomic mass is 10.1. The highest BCUT2D eigenvalue weighted by Crippen LogP contribution is 2.35. The Morgan fingerprint density at radius 3 is 2.62 bits per heavy atom. The molecule has 0 aliphatic heterocycles. The van der Waals surface area contributed by atoms with Crippen molar-refractivity contribution in [2.24, 2.45) is 0 Å². The smallest absolute Gasteiger partial charge is 0.374 e. The Balaban J connectivity index is 1.81. The Labute approximate surface area is 173 Å². The van der Waals surface area contributed by atoms with Gasteiger partial charge in [-0.2, -0.15) is 0 Å². The van der Waals surface area contributed by atoms with E-state index in [0.29, 0.717) is 29.7 Å². The molecular weight excluding hydrogens is 390 g/mol. The van der Waals surface area contributed by atoms with E-state index in [1.165, 1.54) is 0 Å². The lowest BCUT2D eigenvalue weighted by molar-refractivity contribution is 0.0488. The van der Waals surface area contributed by atoms with Crippen LogP contribution in [0, 0.1) is 0 Å². The largest absolute Gasteiger partial charge is 0.495 e. The second-order valence-corrected chi connectivity index (χ2v) is 6.92. The average Bonchev–Trinajstić information content (AvgIpc) is 3.34. The highest BCUT2D eigenvalue weighted by Gasteiger charge is 2.17. The first-order chi connectivity index (χ1) is 14.1. The Bertz CT molecular complexity index is 1160. The number of ether oxygens (including phenoxy) is 2. The maximum Gasteiger partial charge on any atom is 0.374 e. The van der Waals surface area contributed by atoms with Gasteiger partial charge in [-0.25, -0.2) is 4.79 Å². The van der Waals surface area contributed by atoms with Crippen LogP contribution < -0.4 is 4.74 Å². The Kier molecular flexibility index (Phi) is 5.32. The van der Waals surface area contributed by atoms with E-state index in [9.17, 15) is 4.79 Å². The first-order valence-electron chi connectivity index (χ1n) is 9.28. The fraction of sp³-hybridized carbons (Fsp3) is 0.174. The van der Waals surface area contributed by atoms with Gasteiger partial charge in [-0.1, -0.05) is 41.9 Å². The Morgan fingerprint density at radius 1 is 1.10 bits per heavy atom. The van der Waals surface area contributed by atoms with Gasteiger partial charge in [0.15, 0.2) is 0 Å². The van der Waals surface area contributed by atoms with Crippen LogP contribution in [0.2, 0.25) is 5.02 Å². The van der Waals surface area contributed by atoms with Gasteiger partial charge in [0.1, 0.15) is 11.5 Å². The zero-order chi connectivity index (χ0) is 20.4. The lowest BCUT2D eigenvalue weighted by Crippen LogP contribution is -2.03. The number of rotatable bonds is 6. The number of methoxy groups -OCH3 is 1. The van der Waals surface area contributed by atoms with E-state index in [0.717, 1.165) is 22.2 Å². The number of aromatic nitrogens is 1. The minimum Gasteiger partial charge on any atom is -0.495 e. The van der Waals surface area contributed by atoms with Gasteiger partial charge < -0.3 is 18.5 Å². The number of furan rings is 1. The van der Waals surface area contributed by atoms with Crippen LogP contribution in [0.1, 0.15) is 23.2 Å². The number of esters is 1. The highest BCUT2D eigenvalue weighted by atomic mass is 35.5. The second kappa shape index (κ2) is 8.05. The molecule has 0 atom stereocenters. The first-order valence-corrected chi connectivity index (χ1v) is 9.66. The number of fused-ring (bicyclic) bond motifs is 1. The average molecular weight is 410 g/mol. The fourth-order valence-electron chi connectivity index (χ4n) is 3.37. The normalized spacial score (nSPS) is 11.0. The monoisotopic (exact) mass is 409 g/mol. The van der Waals surface area contributed by atoms with Gasteiger partial charge in [0.05, 0.1) is 30.8 Å². The van der Waals surface area contributed by atoms with E-state index in [4.69, 9.17) is 25.5 Å². The van der Waals surface area contributed by atoms with Gasteiger partial charge in [0.2, 0.25) is 5.76 Å². The van der Waals surface area contributed by atoms with E-state index in [-0.39, 0.29) is 5.76 Å². The number of hydrogen-bond donors (Lipinski definition) is 0. The molecule has 0 amide bonds. The van der Waals surface area contributed by atoms with Gasteiger partial charge in [-0.15, -0.1) is 0 Å². The van der Waals surface area contributed by atoms with Crippen molar-refractivity contribution in [1.29, 1.82) is 0 Å². The lowest BCUT2D eigenvalue weighted by Gasteiger charge is -2.10. The molecule has 4 aromatic rings. The van der Waals surface area contributed by atoms with Crippen LogP contribution in [-0.4, -0.2) is 24.3 Å². The molecular formula is C23H20ClNO4. The van der Waals surface area contributed by atoms with Gasteiger partial charge in [-0.3, -0.25) is 0 Å². The molecule has 5 nitrogen and oxygen atoms in total. The van der Waals surface area contributed by atoms with Crippen molar-refractivity contribution in [2.75, 3.05) is 13.7 Å². The molecule has 29 heavy (non-hydrogen) atoms. The number of carbonyl (C=O) groups is 1. The standard InChI is InChI=1S/C23H20ClNO4/c1-3-28-23(26)21-10-9-17(29-21)14-25-19(15-7-5-4-6-8-15)11-16-12-22(27-2)18(24)13-20(16)25/h4-13H,3,14H2,1-2H3. The van der Waals surface area contributed by atoms with Crippen LogP contribution in [0.5, 0.6) is 5.75 Å². The first kappa shape index (κ1) is 19.2. The van der Waals surface area contributed by atoms with Gasteiger partial charge in [-0.05, 0) is 42.8 Å². The summed E-state index contributed by atoms with van der Waals surface area (Å²) in [5.41, 5.74) is 3.03. The minimum atomic E-state index is -0.466. The molecule has 2 aromatic heterocycles. The topological polar surface area (TPSA) is 53.6 Å². The highest BCUT2D eigenvalue weighted by molar-refractivity contribution is 6.32. The van der Waals surface area contributed by atoms with Crippen LogP contribution in [0.4, 0.5) is 0 Å². The van der Waals surface area contributed by atoms with Gasteiger partial charge >= 0.3 is 5.97 Å². The summed E-state index contributed by atoms with van der Waals surface area (Å²) < 4.78 is 18.2. The van der Waals surface area contributed by atoms with Gasteiger partial charge in [0.25, 0.3) is 0 Å². The van der Waals surface area contributed by atoms with Crippen molar-refractivity contribution >= 4 is 28.5 Å². The molecule has 0 bridgehead atoms. The van der Waals surface area contributed by atoms with E-state index < -0.39 is 5.97 Å².